The van der Waals surface area contributed by atoms with Crippen LogP contribution in [0.5, 0.6) is 17.2 Å². The van der Waals surface area contributed by atoms with Crippen LogP contribution in [0.4, 0.5) is 22.0 Å². The Morgan fingerprint density at radius 1 is 1.10 bits per heavy atom. The van der Waals surface area contributed by atoms with Crippen molar-refractivity contribution in [3.63, 3.8) is 0 Å². The van der Waals surface area contributed by atoms with Crippen LogP contribution >= 0.6 is 0 Å². The van der Waals surface area contributed by atoms with Crippen LogP contribution in [0.3, 0.4) is 0 Å². The van der Waals surface area contributed by atoms with Gasteiger partial charge in [-0.1, -0.05) is 18.2 Å². The molecule has 0 aromatic heterocycles. The molecule has 1 N–H and O–H groups in total. The summed E-state index contributed by atoms with van der Waals surface area (Å²) in [6.45, 7) is -2.68. The second-order valence-electron chi connectivity index (χ2n) is 6.63. The molecule has 0 fully saturated rings. The molecule has 1 amide bonds. The van der Waals surface area contributed by atoms with Gasteiger partial charge in [-0.25, -0.2) is 0 Å². The van der Waals surface area contributed by atoms with E-state index < -0.39 is 25.4 Å². The molecule has 0 aliphatic carbocycles. The minimum atomic E-state index is -4.47. The van der Waals surface area contributed by atoms with Crippen molar-refractivity contribution < 1.29 is 41.0 Å². The lowest BCUT2D eigenvalue weighted by atomic mass is 10.1. The van der Waals surface area contributed by atoms with Crippen LogP contribution in [0.1, 0.15) is 30.5 Å². The highest BCUT2D eigenvalue weighted by Crippen LogP contribution is 2.30. The van der Waals surface area contributed by atoms with E-state index >= 15 is 0 Å². The van der Waals surface area contributed by atoms with Crippen LogP contribution < -0.4 is 19.5 Å². The number of methoxy groups -OCH3 is 1. The number of benzene rings is 2. The van der Waals surface area contributed by atoms with Crippen molar-refractivity contribution in [3.8, 4) is 17.2 Å². The Morgan fingerprint density at radius 3 is 2.48 bits per heavy atom. The van der Waals surface area contributed by atoms with Gasteiger partial charge in [0.15, 0.2) is 18.1 Å². The normalized spacial score (nSPS) is 12.4. The van der Waals surface area contributed by atoms with Crippen molar-refractivity contribution in [3.05, 3.63) is 53.6 Å². The lowest BCUT2D eigenvalue weighted by Gasteiger charge is -2.16. The fraction of sp³-hybridized carbons (Fsp3) is 0.381. The number of rotatable bonds is 10. The molecule has 0 saturated heterocycles. The van der Waals surface area contributed by atoms with Crippen molar-refractivity contribution in [2.45, 2.75) is 38.6 Å². The Balaban J connectivity index is 1.92. The van der Waals surface area contributed by atoms with Crippen LogP contribution in [0.15, 0.2) is 42.5 Å². The largest absolute Gasteiger partial charge is 0.493 e. The molecule has 0 aliphatic heterocycles. The van der Waals surface area contributed by atoms with Crippen LogP contribution in [0.25, 0.3) is 0 Å². The minimum absolute atomic E-state index is 0.00599. The Labute approximate surface area is 176 Å². The van der Waals surface area contributed by atoms with E-state index in [1.807, 2.05) is 0 Å². The summed E-state index contributed by atoms with van der Waals surface area (Å²) < 4.78 is 75.8. The van der Waals surface area contributed by atoms with Gasteiger partial charge in [-0.05, 0) is 48.7 Å². The molecule has 0 radical (unpaired) electrons. The lowest BCUT2D eigenvalue weighted by molar-refractivity contribution is -0.153. The van der Waals surface area contributed by atoms with Crippen molar-refractivity contribution in [2.75, 3.05) is 13.7 Å². The molecule has 1 atom stereocenters. The summed E-state index contributed by atoms with van der Waals surface area (Å²) in [5.74, 6) is -0.212. The summed E-state index contributed by atoms with van der Waals surface area (Å²) in [6, 6.07) is 10.00. The second kappa shape index (κ2) is 10.8. The Hall–Kier alpha value is -3.04. The highest BCUT2D eigenvalue weighted by Gasteiger charge is 2.29. The zero-order valence-corrected chi connectivity index (χ0v) is 16.8. The van der Waals surface area contributed by atoms with E-state index in [0.29, 0.717) is 17.5 Å². The van der Waals surface area contributed by atoms with Gasteiger partial charge in [0, 0.05) is 6.42 Å². The predicted octanol–water partition coefficient (Wildman–Crippen LogP) is 5.05. The third-order valence-electron chi connectivity index (χ3n) is 4.22. The van der Waals surface area contributed by atoms with E-state index in [4.69, 9.17) is 9.47 Å². The summed E-state index contributed by atoms with van der Waals surface area (Å²) in [6.07, 6.45) is -4.06. The first-order chi connectivity index (χ1) is 14.6. The number of halogens is 5. The number of carbonyl (C=O) groups excluding carboxylic acids is 1. The average Bonchev–Trinajstić information content (AvgIpc) is 2.70. The van der Waals surface area contributed by atoms with Gasteiger partial charge < -0.3 is 19.5 Å². The first-order valence-corrected chi connectivity index (χ1v) is 9.28. The lowest BCUT2D eigenvalue weighted by Crippen LogP contribution is -2.26. The van der Waals surface area contributed by atoms with Crippen molar-refractivity contribution in [1.29, 1.82) is 0 Å². The van der Waals surface area contributed by atoms with E-state index in [1.54, 1.807) is 25.1 Å². The van der Waals surface area contributed by atoms with Crippen LogP contribution in [0.2, 0.25) is 0 Å². The molecule has 0 saturated carbocycles. The van der Waals surface area contributed by atoms with Gasteiger partial charge in [-0.3, -0.25) is 4.79 Å². The highest BCUT2D eigenvalue weighted by molar-refractivity contribution is 5.76. The molecule has 0 aliphatic rings. The molecule has 2 rings (SSSR count). The quantitative estimate of drug-likeness (QED) is 0.518. The number of alkyl halides is 5. The van der Waals surface area contributed by atoms with Crippen LogP contribution in [0, 0.1) is 0 Å². The third-order valence-corrected chi connectivity index (χ3v) is 4.22. The zero-order valence-electron chi connectivity index (χ0n) is 16.8. The molecular weight excluding hydrogens is 425 g/mol. The SMILES string of the molecule is COc1cc(CCC(=O)NC(C)c2cccc(OC(F)F)c2)ccc1OCC(F)(F)F. The van der Waals surface area contributed by atoms with Gasteiger partial charge in [0.05, 0.1) is 13.2 Å². The van der Waals surface area contributed by atoms with Crippen molar-refractivity contribution in [1.82, 2.24) is 5.32 Å². The fourth-order valence-electron chi connectivity index (χ4n) is 2.76. The molecule has 5 nitrogen and oxygen atoms in total. The van der Waals surface area contributed by atoms with Crippen LogP contribution in [-0.2, 0) is 11.2 Å². The monoisotopic (exact) mass is 447 g/mol. The maximum absolute atomic E-state index is 12.3. The average molecular weight is 447 g/mol. The first kappa shape index (κ1) is 24.2. The summed E-state index contributed by atoms with van der Waals surface area (Å²) in [4.78, 5) is 12.3. The maximum Gasteiger partial charge on any atom is 0.422 e. The number of ether oxygens (including phenoxy) is 3. The topological polar surface area (TPSA) is 56.8 Å². The summed E-state index contributed by atoms with van der Waals surface area (Å²) >= 11 is 0. The number of aryl methyl sites for hydroxylation is 1. The molecule has 1 unspecified atom stereocenters. The van der Waals surface area contributed by atoms with Crippen molar-refractivity contribution in [2.24, 2.45) is 0 Å². The maximum atomic E-state index is 12.3. The van der Waals surface area contributed by atoms with E-state index in [9.17, 15) is 26.7 Å². The standard InChI is InChI=1S/C21H22F5NO4/c1-13(15-4-3-5-16(11-15)31-20(22)23)27-19(28)9-7-14-6-8-17(18(10-14)29-2)30-12-21(24,25)26/h3-6,8,10-11,13,20H,7,9,12H2,1-2H3,(H,27,28). The van der Waals surface area contributed by atoms with E-state index in [1.165, 1.54) is 31.4 Å². The summed E-state index contributed by atoms with van der Waals surface area (Å²) in [5, 5.41) is 2.76. The predicted molar refractivity (Wildman–Crippen MR) is 102 cm³/mol. The summed E-state index contributed by atoms with van der Waals surface area (Å²) in [5.41, 5.74) is 1.27. The highest BCUT2D eigenvalue weighted by atomic mass is 19.4. The molecule has 2 aromatic rings. The molecule has 31 heavy (non-hydrogen) atoms. The van der Waals surface area contributed by atoms with Gasteiger partial charge in [-0.2, -0.15) is 22.0 Å². The molecule has 10 heteroatoms. The zero-order chi connectivity index (χ0) is 23.0. The molecule has 0 bridgehead atoms. The fourth-order valence-corrected chi connectivity index (χ4v) is 2.76. The smallest absolute Gasteiger partial charge is 0.422 e. The van der Waals surface area contributed by atoms with Crippen molar-refractivity contribution >= 4 is 5.91 Å². The molecule has 0 spiro atoms. The van der Waals surface area contributed by atoms with Gasteiger partial charge in [0.25, 0.3) is 0 Å². The van der Waals surface area contributed by atoms with Crippen LogP contribution in [-0.4, -0.2) is 32.4 Å². The van der Waals surface area contributed by atoms with E-state index in [2.05, 4.69) is 10.1 Å². The third kappa shape index (κ3) is 8.31. The number of hydrogen-bond acceptors (Lipinski definition) is 4. The first-order valence-electron chi connectivity index (χ1n) is 9.28. The van der Waals surface area contributed by atoms with Gasteiger partial charge in [0.2, 0.25) is 5.91 Å². The molecule has 2 aromatic carbocycles. The second-order valence-corrected chi connectivity index (χ2v) is 6.63. The van der Waals surface area contributed by atoms with Gasteiger partial charge in [0.1, 0.15) is 5.75 Å². The molecule has 0 heterocycles. The van der Waals surface area contributed by atoms with E-state index in [0.717, 1.165) is 0 Å². The molecule has 170 valence electrons. The number of amides is 1. The molecular formula is C21H22F5NO4. The van der Waals surface area contributed by atoms with Gasteiger partial charge >= 0.3 is 12.8 Å². The Bertz CT molecular complexity index is 873. The Morgan fingerprint density at radius 2 is 1.84 bits per heavy atom. The summed E-state index contributed by atoms with van der Waals surface area (Å²) in [7, 11) is 1.31. The van der Waals surface area contributed by atoms with Gasteiger partial charge in [-0.15, -0.1) is 0 Å². The number of hydrogen-bond donors (Lipinski definition) is 1. The van der Waals surface area contributed by atoms with E-state index in [-0.39, 0.29) is 29.6 Å². The number of nitrogens with one attached hydrogen (secondary N) is 1. The Kier molecular flexibility index (Phi) is 8.47. The number of carbonyl (C=O) groups is 1. The minimum Gasteiger partial charge on any atom is -0.493 e.